The summed E-state index contributed by atoms with van der Waals surface area (Å²) >= 11 is 0. The molecule has 3 aliphatic rings. The van der Waals surface area contributed by atoms with E-state index in [2.05, 4.69) is 16.4 Å². The lowest BCUT2D eigenvalue weighted by molar-refractivity contribution is -0.124. The molecule has 3 fully saturated rings. The highest BCUT2D eigenvalue weighted by Gasteiger charge is 2.59. The van der Waals surface area contributed by atoms with E-state index >= 15 is 0 Å². The SMILES string of the molecule is COc1cccc2[nH]c(C(=O)N3C(C(N)=O)CC4(CCOCC4)C3[C@@H](C#N)C[C@H]3CCNC3=O)cc12. The third kappa shape index (κ3) is 3.97. The topological polar surface area (TPSA) is 151 Å². The van der Waals surface area contributed by atoms with E-state index in [4.69, 9.17) is 15.2 Å². The summed E-state index contributed by atoms with van der Waals surface area (Å²) in [6.07, 6.45) is 2.57. The van der Waals surface area contributed by atoms with Crippen molar-refractivity contribution >= 4 is 28.6 Å². The molecule has 3 aliphatic heterocycles. The second-order valence-electron chi connectivity index (χ2n) is 10.1. The number of hydrogen-bond donors (Lipinski definition) is 3. The molecule has 1 aromatic heterocycles. The van der Waals surface area contributed by atoms with Crippen molar-refractivity contribution in [3.05, 3.63) is 30.0 Å². The zero-order valence-electron chi connectivity index (χ0n) is 20.3. The van der Waals surface area contributed by atoms with E-state index in [9.17, 15) is 19.6 Å². The number of primary amides is 1. The minimum Gasteiger partial charge on any atom is -0.496 e. The number of methoxy groups -OCH3 is 1. The number of likely N-dealkylation sites (tertiary alicyclic amines) is 1. The lowest BCUT2D eigenvalue weighted by Gasteiger charge is -2.43. The Morgan fingerprint density at radius 3 is 2.78 bits per heavy atom. The van der Waals surface area contributed by atoms with Gasteiger partial charge >= 0.3 is 0 Å². The van der Waals surface area contributed by atoms with Crippen molar-refractivity contribution < 1.29 is 23.9 Å². The number of carbonyl (C=O) groups is 3. The maximum absolute atomic E-state index is 14.1. The van der Waals surface area contributed by atoms with Gasteiger partial charge in [0.1, 0.15) is 17.5 Å². The molecule has 0 aliphatic carbocycles. The number of carbonyl (C=O) groups excluding carboxylic acids is 3. The molecule has 2 aromatic rings. The van der Waals surface area contributed by atoms with Gasteiger partial charge < -0.3 is 30.4 Å². The van der Waals surface area contributed by atoms with Crippen molar-refractivity contribution in [2.75, 3.05) is 26.9 Å². The maximum Gasteiger partial charge on any atom is 0.271 e. The Hall–Kier alpha value is -3.58. The summed E-state index contributed by atoms with van der Waals surface area (Å²) in [6, 6.07) is 8.17. The minimum atomic E-state index is -0.859. The number of H-pyrrole nitrogens is 1. The first-order valence-corrected chi connectivity index (χ1v) is 12.4. The molecule has 4 atom stereocenters. The van der Waals surface area contributed by atoms with Crippen LogP contribution in [0.15, 0.2) is 24.3 Å². The molecule has 10 heteroatoms. The molecule has 4 N–H and O–H groups in total. The Morgan fingerprint density at radius 1 is 1.36 bits per heavy atom. The highest BCUT2D eigenvalue weighted by molar-refractivity contribution is 6.02. The summed E-state index contributed by atoms with van der Waals surface area (Å²) in [5.41, 5.74) is 6.39. The van der Waals surface area contributed by atoms with Crippen LogP contribution >= 0.6 is 0 Å². The van der Waals surface area contributed by atoms with E-state index in [0.717, 1.165) is 10.9 Å². The second-order valence-corrected chi connectivity index (χ2v) is 10.1. The third-order valence-corrected chi connectivity index (χ3v) is 8.24. The molecular weight excluding hydrogens is 462 g/mol. The number of fused-ring (bicyclic) bond motifs is 1. The highest BCUT2D eigenvalue weighted by atomic mass is 16.5. The van der Waals surface area contributed by atoms with Crippen LogP contribution in [0.1, 0.15) is 42.6 Å². The van der Waals surface area contributed by atoms with Crippen LogP contribution in [-0.4, -0.2) is 66.6 Å². The molecule has 0 bridgehead atoms. The zero-order valence-corrected chi connectivity index (χ0v) is 20.3. The monoisotopic (exact) mass is 493 g/mol. The first-order chi connectivity index (χ1) is 17.4. The van der Waals surface area contributed by atoms with E-state index in [1.165, 1.54) is 4.90 Å². The molecule has 10 nitrogen and oxygen atoms in total. The standard InChI is InChI=1S/C26H31N5O5/c1-35-21-4-2-3-18-17(21)12-19(30-18)25(34)31-20(23(28)32)13-26(6-9-36-10-7-26)22(31)16(14-27)11-15-5-8-29-24(15)33/h2-4,12,15-16,20,22,30H,5-11,13H2,1H3,(H2,28,32)(H,29,33)/t15-,16-,20?,22?/m1/s1. The number of ether oxygens (including phenoxy) is 2. The Kier molecular flexibility index (Phi) is 6.35. The van der Waals surface area contributed by atoms with Gasteiger partial charge in [0.2, 0.25) is 11.8 Å². The summed E-state index contributed by atoms with van der Waals surface area (Å²) in [5.74, 6) is -1.36. The fraction of sp³-hybridized carbons (Fsp3) is 0.538. The number of benzene rings is 1. The van der Waals surface area contributed by atoms with E-state index < -0.39 is 29.3 Å². The molecule has 36 heavy (non-hydrogen) atoms. The van der Waals surface area contributed by atoms with E-state index in [-0.39, 0.29) is 17.7 Å². The Bertz CT molecular complexity index is 1230. The molecule has 4 heterocycles. The van der Waals surface area contributed by atoms with Crippen LogP contribution in [-0.2, 0) is 14.3 Å². The smallest absolute Gasteiger partial charge is 0.271 e. The molecule has 1 aromatic carbocycles. The van der Waals surface area contributed by atoms with Gasteiger partial charge in [-0.3, -0.25) is 14.4 Å². The average molecular weight is 494 g/mol. The van der Waals surface area contributed by atoms with Gasteiger partial charge in [0.25, 0.3) is 5.91 Å². The van der Waals surface area contributed by atoms with E-state index in [0.29, 0.717) is 63.3 Å². The first-order valence-electron chi connectivity index (χ1n) is 12.4. The molecular formula is C26H31N5O5. The van der Waals surface area contributed by atoms with Gasteiger partial charge in [0.05, 0.1) is 25.1 Å². The van der Waals surface area contributed by atoms with Crippen LogP contribution in [0.5, 0.6) is 5.75 Å². The van der Waals surface area contributed by atoms with Gasteiger partial charge in [0, 0.05) is 36.6 Å². The van der Waals surface area contributed by atoms with Crippen LogP contribution < -0.4 is 15.8 Å². The molecule has 2 unspecified atom stereocenters. The quantitative estimate of drug-likeness (QED) is 0.557. The zero-order chi connectivity index (χ0) is 25.4. The lowest BCUT2D eigenvalue weighted by Crippen LogP contribution is -2.53. The van der Waals surface area contributed by atoms with Crippen LogP contribution in [0.3, 0.4) is 0 Å². The lowest BCUT2D eigenvalue weighted by atomic mass is 9.68. The van der Waals surface area contributed by atoms with Crippen molar-refractivity contribution in [3.8, 4) is 11.8 Å². The summed E-state index contributed by atoms with van der Waals surface area (Å²) < 4.78 is 11.1. The van der Waals surface area contributed by atoms with Crippen LogP contribution in [0.4, 0.5) is 0 Å². The van der Waals surface area contributed by atoms with Crippen LogP contribution in [0.25, 0.3) is 10.9 Å². The van der Waals surface area contributed by atoms with Gasteiger partial charge in [-0.2, -0.15) is 5.26 Å². The van der Waals surface area contributed by atoms with Gasteiger partial charge in [-0.1, -0.05) is 6.07 Å². The average Bonchev–Trinajstić information content (AvgIpc) is 3.58. The molecule has 0 saturated carbocycles. The molecule has 3 saturated heterocycles. The predicted octanol–water partition coefficient (Wildman–Crippen LogP) is 1.71. The maximum atomic E-state index is 14.1. The first kappa shape index (κ1) is 24.1. The molecule has 3 amide bonds. The predicted molar refractivity (Wildman–Crippen MR) is 130 cm³/mol. The van der Waals surface area contributed by atoms with E-state index in [1.54, 1.807) is 13.2 Å². The summed E-state index contributed by atoms with van der Waals surface area (Å²) in [5, 5.41) is 13.9. The Labute approximate surface area is 209 Å². The van der Waals surface area contributed by atoms with Crippen molar-refractivity contribution in [1.29, 1.82) is 5.26 Å². The fourth-order valence-corrected chi connectivity index (χ4v) is 6.49. The highest BCUT2D eigenvalue weighted by Crippen LogP contribution is 2.52. The van der Waals surface area contributed by atoms with Gasteiger partial charge in [0.15, 0.2) is 0 Å². The third-order valence-electron chi connectivity index (χ3n) is 8.24. The largest absolute Gasteiger partial charge is 0.496 e. The summed E-state index contributed by atoms with van der Waals surface area (Å²) in [4.78, 5) is 43.9. The van der Waals surface area contributed by atoms with E-state index in [1.807, 2.05) is 18.2 Å². The Morgan fingerprint density at radius 2 is 2.14 bits per heavy atom. The van der Waals surface area contributed by atoms with Crippen molar-refractivity contribution in [2.45, 2.75) is 44.2 Å². The molecule has 190 valence electrons. The number of hydrogen-bond acceptors (Lipinski definition) is 6. The van der Waals surface area contributed by atoms with Crippen molar-refractivity contribution in [2.24, 2.45) is 23.0 Å². The molecule has 5 rings (SSSR count). The number of nitrogens with zero attached hydrogens (tertiary/aromatic N) is 2. The minimum absolute atomic E-state index is 0.0682. The van der Waals surface area contributed by atoms with Gasteiger partial charge in [-0.15, -0.1) is 0 Å². The number of rotatable bonds is 6. The van der Waals surface area contributed by atoms with Crippen LogP contribution in [0, 0.1) is 28.6 Å². The normalized spacial score (nSPS) is 26.1. The fourth-order valence-electron chi connectivity index (χ4n) is 6.49. The summed E-state index contributed by atoms with van der Waals surface area (Å²) in [7, 11) is 1.56. The van der Waals surface area contributed by atoms with Crippen LogP contribution in [0.2, 0.25) is 0 Å². The van der Waals surface area contributed by atoms with Gasteiger partial charge in [-0.25, -0.2) is 0 Å². The number of aromatic nitrogens is 1. The molecule has 0 radical (unpaired) electrons. The van der Waals surface area contributed by atoms with Crippen molar-refractivity contribution in [1.82, 2.24) is 15.2 Å². The second kappa shape index (κ2) is 9.47. The number of nitriles is 1. The summed E-state index contributed by atoms with van der Waals surface area (Å²) in [6.45, 7) is 1.54. The number of nitrogens with two attached hydrogens (primary N) is 1. The molecule has 1 spiro atoms. The van der Waals surface area contributed by atoms with Gasteiger partial charge in [-0.05, 0) is 55.7 Å². The number of nitrogens with one attached hydrogen (secondary N) is 2. The van der Waals surface area contributed by atoms with Crippen molar-refractivity contribution in [3.63, 3.8) is 0 Å². The number of aromatic amines is 1. The number of amides is 3. The Balaban J connectivity index is 1.58.